The number of thiazole rings is 1. The molecule has 1 aromatic heterocycles. The van der Waals surface area contributed by atoms with E-state index in [1.165, 1.54) is 23.1 Å². The van der Waals surface area contributed by atoms with Crippen molar-refractivity contribution in [3.8, 4) is 0 Å². The Morgan fingerprint density at radius 1 is 1.06 bits per heavy atom. The third-order valence-corrected chi connectivity index (χ3v) is 6.66. The second kappa shape index (κ2) is 12.9. The van der Waals surface area contributed by atoms with Crippen LogP contribution in [-0.4, -0.2) is 29.4 Å². The van der Waals surface area contributed by atoms with E-state index in [9.17, 15) is 14.4 Å². The Morgan fingerprint density at radius 2 is 1.85 bits per heavy atom. The van der Waals surface area contributed by atoms with Gasteiger partial charge in [-0.3, -0.25) is 14.4 Å². The zero-order valence-electron chi connectivity index (χ0n) is 19.1. The van der Waals surface area contributed by atoms with Crippen LogP contribution in [0, 0.1) is 0 Å². The highest BCUT2D eigenvalue weighted by atomic mass is 32.2. The minimum absolute atomic E-state index is 0.0376. The minimum atomic E-state index is -0.541. The second-order valence-electron chi connectivity index (χ2n) is 7.35. The monoisotopic (exact) mass is 497 g/mol. The highest BCUT2D eigenvalue weighted by molar-refractivity contribution is 8.00. The Morgan fingerprint density at radius 3 is 2.59 bits per heavy atom. The number of aromatic nitrogens is 1. The van der Waals surface area contributed by atoms with Gasteiger partial charge in [0.2, 0.25) is 11.8 Å². The quantitative estimate of drug-likeness (QED) is 0.270. The average Bonchev–Trinajstić information content (AvgIpc) is 3.25. The third-order valence-electron chi connectivity index (χ3n) is 4.60. The van der Waals surface area contributed by atoms with Crippen molar-refractivity contribution in [3.05, 3.63) is 71.2 Å². The molecule has 1 atom stereocenters. The van der Waals surface area contributed by atoms with Gasteiger partial charge in [-0.2, -0.15) is 0 Å². The van der Waals surface area contributed by atoms with Gasteiger partial charge in [0.05, 0.1) is 18.7 Å². The average molecular weight is 498 g/mol. The van der Waals surface area contributed by atoms with Gasteiger partial charge in [0.15, 0.2) is 5.13 Å². The summed E-state index contributed by atoms with van der Waals surface area (Å²) in [6.45, 7) is 4.02. The number of amides is 2. The van der Waals surface area contributed by atoms with E-state index in [2.05, 4.69) is 15.6 Å². The maximum Gasteiger partial charge on any atom is 0.311 e. The molecular weight excluding hydrogens is 470 g/mol. The molecule has 7 nitrogen and oxygen atoms in total. The Kier molecular flexibility index (Phi) is 9.66. The van der Waals surface area contributed by atoms with Crippen LogP contribution in [0.1, 0.15) is 43.2 Å². The van der Waals surface area contributed by atoms with Crippen LogP contribution in [0.5, 0.6) is 0 Å². The Bertz CT molecular complexity index is 1120. The predicted molar refractivity (Wildman–Crippen MR) is 136 cm³/mol. The summed E-state index contributed by atoms with van der Waals surface area (Å²) >= 11 is 2.65. The lowest BCUT2D eigenvalue weighted by molar-refractivity contribution is -0.142. The van der Waals surface area contributed by atoms with E-state index < -0.39 is 5.25 Å². The van der Waals surface area contributed by atoms with Gasteiger partial charge in [-0.1, -0.05) is 43.3 Å². The van der Waals surface area contributed by atoms with Crippen LogP contribution in [0.15, 0.2) is 64.9 Å². The maximum atomic E-state index is 13.3. The molecule has 0 radical (unpaired) electrons. The number of hydrogen-bond donors (Lipinski definition) is 2. The van der Waals surface area contributed by atoms with E-state index in [-0.39, 0.29) is 24.2 Å². The fraction of sp³-hybridized carbons (Fsp3) is 0.280. The van der Waals surface area contributed by atoms with Gasteiger partial charge in [0, 0.05) is 22.4 Å². The van der Waals surface area contributed by atoms with Crippen LogP contribution in [0.3, 0.4) is 0 Å². The second-order valence-corrected chi connectivity index (χ2v) is 9.39. The maximum absolute atomic E-state index is 13.3. The molecule has 178 valence electrons. The first kappa shape index (κ1) is 25.5. The first-order valence-corrected chi connectivity index (χ1v) is 12.8. The zero-order valence-corrected chi connectivity index (χ0v) is 20.7. The molecule has 3 aromatic rings. The molecule has 1 unspecified atom stereocenters. The van der Waals surface area contributed by atoms with Crippen molar-refractivity contribution in [1.29, 1.82) is 0 Å². The summed E-state index contributed by atoms with van der Waals surface area (Å²) in [6, 6.07) is 16.9. The van der Waals surface area contributed by atoms with Crippen molar-refractivity contribution in [2.45, 2.75) is 43.3 Å². The highest BCUT2D eigenvalue weighted by Crippen LogP contribution is 2.37. The number of ether oxygens (including phenoxy) is 1. The normalized spacial score (nSPS) is 11.5. The molecule has 2 aromatic carbocycles. The van der Waals surface area contributed by atoms with Crippen molar-refractivity contribution in [1.82, 2.24) is 4.98 Å². The topological polar surface area (TPSA) is 97.4 Å². The Hall–Kier alpha value is -3.17. The van der Waals surface area contributed by atoms with E-state index >= 15 is 0 Å². The van der Waals surface area contributed by atoms with Gasteiger partial charge in [-0.05, 0) is 37.1 Å². The smallest absolute Gasteiger partial charge is 0.311 e. The Labute approximate surface area is 207 Å². The number of rotatable bonds is 11. The van der Waals surface area contributed by atoms with E-state index in [0.717, 1.165) is 16.9 Å². The van der Waals surface area contributed by atoms with Crippen molar-refractivity contribution in [3.63, 3.8) is 0 Å². The lowest BCUT2D eigenvalue weighted by Crippen LogP contribution is -2.19. The van der Waals surface area contributed by atoms with Gasteiger partial charge in [0.1, 0.15) is 5.25 Å². The molecule has 2 N–H and O–H groups in total. The van der Waals surface area contributed by atoms with Crippen molar-refractivity contribution >= 4 is 51.7 Å². The summed E-state index contributed by atoms with van der Waals surface area (Å²) in [5.74, 6) is -0.618. The van der Waals surface area contributed by atoms with Crippen LogP contribution in [0.4, 0.5) is 10.8 Å². The summed E-state index contributed by atoms with van der Waals surface area (Å²) in [7, 11) is 0. The summed E-state index contributed by atoms with van der Waals surface area (Å²) in [4.78, 5) is 42.1. The standard InChI is InChI=1S/C25H27N3O4S2/c1-3-9-21(29)26-18-12-8-13-20(14-18)34-23(17-10-6-5-7-11-17)24(31)28-25-27-19(16-33-25)15-22(30)32-4-2/h5-8,10-14,16,23H,3-4,9,15H2,1-2H3,(H,26,29)(H,27,28,31). The molecule has 9 heteroatoms. The number of benzene rings is 2. The van der Waals surface area contributed by atoms with E-state index in [0.29, 0.717) is 29.5 Å². The number of hydrogen-bond acceptors (Lipinski definition) is 7. The number of anilines is 2. The van der Waals surface area contributed by atoms with E-state index in [4.69, 9.17) is 4.74 Å². The molecule has 3 rings (SSSR count). The number of nitrogens with zero attached hydrogens (tertiary/aromatic N) is 1. The first-order chi connectivity index (χ1) is 16.5. The van der Waals surface area contributed by atoms with Crippen molar-refractivity contribution in [2.75, 3.05) is 17.2 Å². The number of nitrogens with one attached hydrogen (secondary N) is 2. The largest absolute Gasteiger partial charge is 0.466 e. The molecule has 0 saturated carbocycles. The minimum Gasteiger partial charge on any atom is -0.466 e. The van der Waals surface area contributed by atoms with Crippen molar-refractivity contribution in [2.24, 2.45) is 0 Å². The molecule has 0 aliphatic heterocycles. The van der Waals surface area contributed by atoms with Crippen molar-refractivity contribution < 1.29 is 19.1 Å². The van der Waals surface area contributed by atoms with Gasteiger partial charge in [0.25, 0.3) is 0 Å². The van der Waals surface area contributed by atoms with E-state index in [1.807, 2.05) is 61.5 Å². The molecule has 0 aliphatic rings. The number of carbonyl (C=O) groups is 3. The molecule has 0 aliphatic carbocycles. The fourth-order valence-corrected chi connectivity index (χ4v) is 4.91. The zero-order chi connectivity index (χ0) is 24.3. The molecule has 2 amide bonds. The van der Waals surface area contributed by atoms with Crippen LogP contribution < -0.4 is 10.6 Å². The molecule has 0 fully saturated rings. The molecule has 0 bridgehead atoms. The SMILES string of the molecule is CCCC(=O)Nc1cccc(SC(C(=O)Nc2nc(CC(=O)OCC)cs2)c2ccccc2)c1. The molecule has 34 heavy (non-hydrogen) atoms. The van der Waals surface area contributed by atoms with Crippen LogP contribution >= 0.6 is 23.1 Å². The third kappa shape index (κ3) is 7.71. The summed E-state index contributed by atoms with van der Waals surface area (Å²) in [5.41, 5.74) is 2.09. The Balaban J connectivity index is 1.75. The molecule has 0 saturated heterocycles. The lowest BCUT2D eigenvalue weighted by atomic mass is 10.1. The summed E-state index contributed by atoms with van der Waals surface area (Å²) in [6.07, 6.45) is 1.29. The first-order valence-electron chi connectivity index (χ1n) is 11.0. The van der Waals surface area contributed by atoms with Gasteiger partial charge in [-0.15, -0.1) is 23.1 Å². The number of esters is 1. The van der Waals surface area contributed by atoms with Gasteiger partial charge < -0.3 is 15.4 Å². The van der Waals surface area contributed by atoms with Gasteiger partial charge in [-0.25, -0.2) is 4.98 Å². The molecule has 1 heterocycles. The number of carbonyl (C=O) groups excluding carboxylic acids is 3. The van der Waals surface area contributed by atoms with Gasteiger partial charge >= 0.3 is 5.97 Å². The predicted octanol–water partition coefficient (Wildman–Crippen LogP) is 5.46. The van der Waals surface area contributed by atoms with Crippen LogP contribution in [0.25, 0.3) is 0 Å². The summed E-state index contributed by atoms with van der Waals surface area (Å²) in [5, 5.41) is 7.39. The fourth-order valence-electron chi connectivity index (χ4n) is 3.11. The highest BCUT2D eigenvalue weighted by Gasteiger charge is 2.23. The van der Waals surface area contributed by atoms with E-state index in [1.54, 1.807) is 12.3 Å². The molecule has 0 spiro atoms. The lowest BCUT2D eigenvalue weighted by Gasteiger charge is -2.17. The summed E-state index contributed by atoms with van der Waals surface area (Å²) < 4.78 is 4.95. The van der Waals surface area contributed by atoms with Crippen LogP contribution in [0.2, 0.25) is 0 Å². The number of thioether (sulfide) groups is 1. The van der Waals surface area contributed by atoms with Crippen LogP contribution in [-0.2, 0) is 25.5 Å². The molecular formula is C25H27N3O4S2.